The van der Waals surface area contributed by atoms with Crippen LogP contribution in [0.15, 0.2) is 115 Å². The minimum Gasteiger partial charge on any atom is -0.508 e. The summed E-state index contributed by atoms with van der Waals surface area (Å²) < 4.78 is 43.9. The Morgan fingerprint density at radius 1 is 0.362 bits per heavy atom. The Kier molecular flexibility index (Phi) is 28.8. The molecule has 15 aromatic rings. The van der Waals surface area contributed by atoms with Crippen LogP contribution in [0.4, 0.5) is 8.78 Å². The summed E-state index contributed by atoms with van der Waals surface area (Å²) in [6.45, 7) is 31.8. The number of H-pyrrole nitrogens is 5. The largest absolute Gasteiger partial charge is 0.508 e. The molecule has 5 aliphatic heterocycles. The lowest BCUT2D eigenvalue weighted by Gasteiger charge is -2.34. The highest BCUT2D eigenvalue weighted by molar-refractivity contribution is 6.12. The predicted octanol–water partition coefficient (Wildman–Crippen LogP) is 10.6. The summed E-state index contributed by atoms with van der Waals surface area (Å²) in [4.78, 5) is 98.6. The number of carbonyl (C=O) groups is 5. The number of piperazine rings is 5. The van der Waals surface area contributed by atoms with Crippen LogP contribution in [0.1, 0.15) is 114 Å². The molecular formula is C98H109F2N25O13. The maximum atomic E-state index is 13.8. The van der Waals surface area contributed by atoms with Crippen LogP contribution in [-0.4, -0.2) is 306 Å². The zero-order valence-corrected chi connectivity index (χ0v) is 78.4. The van der Waals surface area contributed by atoms with Gasteiger partial charge >= 0.3 is 0 Å². The first-order chi connectivity index (χ1) is 66.5. The van der Waals surface area contributed by atoms with Gasteiger partial charge in [-0.3, -0.25) is 49.5 Å². The van der Waals surface area contributed by atoms with E-state index in [0.29, 0.717) is 178 Å². The van der Waals surface area contributed by atoms with E-state index < -0.39 is 17.4 Å². The topological polar surface area (TPSA) is 498 Å². The molecule has 5 fully saturated rings. The van der Waals surface area contributed by atoms with Crippen molar-refractivity contribution in [1.29, 1.82) is 0 Å². The molecule has 0 bridgehead atoms. The van der Waals surface area contributed by atoms with E-state index in [4.69, 9.17) is 14.2 Å². The molecule has 5 aliphatic rings. The summed E-state index contributed by atoms with van der Waals surface area (Å²) in [5.74, 6) is -1.71. The number of hydrogen-bond donors (Lipinski definition) is 15. The zero-order chi connectivity index (χ0) is 97.6. The van der Waals surface area contributed by atoms with Crippen molar-refractivity contribution in [3.8, 4) is 102 Å². The number of halogens is 2. The third-order valence-electron chi connectivity index (χ3n) is 25.0. The van der Waals surface area contributed by atoms with Gasteiger partial charge in [-0.05, 0) is 178 Å². The number of benzene rings is 5. The number of fused-ring (bicyclic) bond motifs is 5. The first-order valence-electron chi connectivity index (χ1n) is 45.5. The number of aromatic nitrogens is 15. The number of ether oxygens (including phenoxy) is 3. The fourth-order valence-electron chi connectivity index (χ4n) is 17.8. The van der Waals surface area contributed by atoms with Gasteiger partial charge in [0, 0.05) is 198 Å². The van der Waals surface area contributed by atoms with E-state index in [9.17, 15) is 58.3 Å². The predicted molar refractivity (Wildman–Crippen MR) is 515 cm³/mol. The summed E-state index contributed by atoms with van der Waals surface area (Å²) in [6, 6.07) is 30.8. The highest BCUT2D eigenvalue weighted by atomic mass is 19.1. The Balaban J connectivity index is 0.000000125. The molecule has 20 rings (SSSR count). The van der Waals surface area contributed by atoms with Gasteiger partial charge in [0.15, 0.2) is 57.1 Å². The summed E-state index contributed by atoms with van der Waals surface area (Å²) in [7, 11) is 3.06. The van der Waals surface area contributed by atoms with Crippen LogP contribution in [0.3, 0.4) is 0 Å². The third kappa shape index (κ3) is 20.0. The van der Waals surface area contributed by atoms with E-state index in [1.807, 2.05) is 87.1 Å². The molecule has 15 N–H and O–H groups in total. The van der Waals surface area contributed by atoms with Crippen molar-refractivity contribution in [2.75, 3.05) is 132 Å². The number of phenolic OH excluding ortho intramolecular Hbond substituents is 5. The second-order valence-electron chi connectivity index (χ2n) is 34.4. The van der Waals surface area contributed by atoms with E-state index in [1.165, 1.54) is 32.4 Å². The number of aryl methyl sites for hydroxylation is 6. The van der Waals surface area contributed by atoms with E-state index >= 15 is 0 Å². The molecule has 5 aromatic carbocycles. The van der Waals surface area contributed by atoms with Gasteiger partial charge in [0.2, 0.25) is 0 Å². The Labute approximate surface area is 790 Å². The standard InChI is InChI=1S/2C20H23N5O3.C20H23N5O2.C19H19F2N5O2.C19H21N5O3/c1-11-10-21-6-7-25(11)20(27)15-9-16(22-19-18(15)12(2)23-24-19)14-5-4-13(26)8-17(14)28-3;1-3-28-17-10-13(4-5-16(17)26)15-11-14(18-12(2)23-24-19(18)22-15)20(27)25-8-6-21-7-9-25;1-11-8-14(26)4-5-15(11)17-9-16(18-13(3)23-24-19(18)22-17)20(27)25-7-6-21-10-12(25)2;1-9-8-22-3-4-26(9)19(28)12-7-15(23-18-16(12)10(2)24-25-18)11-5-13(20)17(27)14(21)6-11;1-11-17-14(19(26)24-7-5-20-6-8-24)10-15(21-18(17)23-22-11)13-4-3-12(25)9-16(13)27-2/h4-5,8-9,11,21,26H,6-7,10H2,1-3H3,(H,22,23,24);4-5,10-11,21,26H,3,6-9H2,1-2H3,(H,22,23,24);4-5,8-9,12,21,26H,6-7,10H2,1-3H3,(H,22,23,24);5-7,9,22,27H,3-4,8H2,1-2H3,(H,23,24,25);3-4,9-10,20,25H,5-8H2,1-2H3,(H,21,22,23)/t11-;;12-;9-;/m0.00./s1. The number of rotatable bonds is 14. The van der Waals surface area contributed by atoms with Crippen LogP contribution in [0.25, 0.3) is 111 Å². The molecule has 15 heterocycles. The van der Waals surface area contributed by atoms with E-state index in [2.05, 4.69) is 109 Å². The molecule has 3 atom stereocenters. The van der Waals surface area contributed by atoms with Gasteiger partial charge in [-0.1, -0.05) is 0 Å². The summed E-state index contributed by atoms with van der Waals surface area (Å²) in [5, 5.41) is 104. The van der Waals surface area contributed by atoms with E-state index in [0.717, 1.165) is 126 Å². The summed E-state index contributed by atoms with van der Waals surface area (Å²) >= 11 is 0. The van der Waals surface area contributed by atoms with Gasteiger partial charge < -0.3 is 90.8 Å². The average Bonchev–Trinajstić information content (AvgIpc) is 1.57. The smallest absolute Gasteiger partial charge is 0.255 e. The van der Waals surface area contributed by atoms with Crippen LogP contribution in [0.2, 0.25) is 0 Å². The molecule has 5 saturated heterocycles. The second-order valence-corrected chi connectivity index (χ2v) is 34.4. The molecule has 38 nitrogen and oxygen atoms in total. The molecular weight excluding hydrogens is 1770 g/mol. The van der Waals surface area contributed by atoms with Gasteiger partial charge in [-0.2, -0.15) is 25.5 Å². The monoisotopic (exact) mass is 1880 g/mol. The first kappa shape index (κ1) is 95.8. The molecule has 0 radical (unpaired) electrons. The second kappa shape index (κ2) is 41.4. The molecule has 40 heteroatoms. The molecule has 0 saturated carbocycles. The minimum atomic E-state index is -1.10. The normalized spacial score (nSPS) is 16.2. The SMILES string of the molecule is CCOc1cc(-c2cc(C(=O)N3CCNCC3)c3c(C)[nH]nc3n2)ccc1O.COc1cc(O)ccc1-c1cc(C(=O)N2CCNCC2)c2c(C)[nH]nc2n1.COc1cc(O)ccc1-c1cc(C(=O)N2CCNC[C@@H]2C)c2c(C)[nH]nc2n1.Cc1[nH]nc2nc(-c3cc(F)c(O)c(F)c3)cc(C(=O)N3CCNC[C@@H]3C)c12.Cc1cc(O)ccc1-c1cc(C(=O)N2CCNC[C@@H]2C)c2c(C)[nH]nc2n1. The van der Waals surface area contributed by atoms with Crippen molar-refractivity contribution in [3.63, 3.8) is 0 Å². The van der Waals surface area contributed by atoms with Crippen molar-refractivity contribution >= 4 is 84.7 Å². The maximum absolute atomic E-state index is 13.8. The number of phenols is 5. The Morgan fingerprint density at radius 2 is 0.674 bits per heavy atom. The highest BCUT2D eigenvalue weighted by Gasteiger charge is 2.34. The fraction of sp³-hybridized carbons (Fsp3) is 0.337. The maximum Gasteiger partial charge on any atom is 0.255 e. The Bertz CT molecular complexity index is 7100. The Hall–Kier alpha value is -15.4. The lowest BCUT2D eigenvalue weighted by Crippen LogP contribution is -2.52. The van der Waals surface area contributed by atoms with Crippen molar-refractivity contribution in [2.24, 2.45) is 0 Å². The van der Waals surface area contributed by atoms with Crippen LogP contribution in [0.5, 0.6) is 46.0 Å². The van der Waals surface area contributed by atoms with Crippen LogP contribution in [0, 0.1) is 53.2 Å². The summed E-state index contributed by atoms with van der Waals surface area (Å²) in [5.41, 5.74) is 15.5. The van der Waals surface area contributed by atoms with Crippen LogP contribution < -0.4 is 40.8 Å². The molecule has 718 valence electrons. The number of methoxy groups -OCH3 is 2. The number of aromatic amines is 5. The Morgan fingerprint density at radius 3 is 1.01 bits per heavy atom. The number of carbonyl (C=O) groups excluding carboxylic acids is 5. The number of aromatic hydroxyl groups is 5. The molecule has 5 amide bonds. The van der Waals surface area contributed by atoms with Crippen molar-refractivity contribution in [2.45, 2.75) is 87.4 Å². The number of pyridine rings is 5. The molecule has 0 spiro atoms. The van der Waals surface area contributed by atoms with Gasteiger partial charge in [0.25, 0.3) is 29.5 Å². The third-order valence-corrected chi connectivity index (χ3v) is 25.0. The first-order valence-corrected chi connectivity index (χ1v) is 45.5. The van der Waals surface area contributed by atoms with Gasteiger partial charge in [0.05, 0.1) is 104 Å². The number of nitrogens with zero attached hydrogens (tertiary/aromatic N) is 15. The quantitative estimate of drug-likeness (QED) is 0.0481. The van der Waals surface area contributed by atoms with Gasteiger partial charge in [-0.15, -0.1) is 0 Å². The molecule has 0 aliphatic carbocycles. The van der Waals surface area contributed by atoms with Crippen LogP contribution in [-0.2, 0) is 0 Å². The minimum absolute atomic E-state index is 0.00131. The van der Waals surface area contributed by atoms with Crippen molar-refractivity contribution in [1.82, 2.24) is 127 Å². The molecule has 0 unspecified atom stereocenters. The number of amides is 5. The lowest BCUT2D eigenvalue weighted by molar-refractivity contribution is 0.0650. The lowest BCUT2D eigenvalue weighted by atomic mass is 10.0. The highest BCUT2D eigenvalue weighted by Crippen LogP contribution is 2.41. The van der Waals surface area contributed by atoms with Crippen molar-refractivity contribution in [3.05, 3.63) is 189 Å². The molecule has 10 aromatic heterocycles. The van der Waals surface area contributed by atoms with E-state index in [-0.39, 0.29) is 87.6 Å². The summed E-state index contributed by atoms with van der Waals surface area (Å²) in [6.07, 6.45) is 0. The van der Waals surface area contributed by atoms with E-state index in [1.54, 1.807) is 84.6 Å². The number of nitrogens with one attached hydrogen (secondary N) is 10. The van der Waals surface area contributed by atoms with Gasteiger partial charge in [-0.25, -0.2) is 33.7 Å². The molecule has 138 heavy (non-hydrogen) atoms. The fourth-order valence-corrected chi connectivity index (χ4v) is 17.8. The van der Waals surface area contributed by atoms with Gasteiger partial charge in [0.1, 0.15) is 28.7 Å². The zero-order valence-electron chi connectivity index (χ0n) is 78.4. The number of hydrogen-bond acceptors (Lipinski definition) is 28. The average molecular weight is 1880 g/mol. The van der Waals surface area contributed by atoms with Crippen LogP contribution >= 0.6 is 0 Å². The van der Waals surface area contributed by atoms with Crippen molar-refractivity contribution < 1.29 is 72.5 Å².